The Morgan fingerprint density at radius 2 is 1.71 bits per heavy atom. The third-order valence-corrected chi connectivity index (χ3v) is 9.10. The van der Waals surface area contributed by atoms with E-state index >= 15 is 0 Å². The van der Waals surface area contributed by atoms with Crippen LogP contribution >= 0.6 is 11.6 Å². The van der Waals surface area contributed by atoms with Gasteiger partial charge in [0.05, 0.1) is 30.6 Å². The third-order valence-electron chi connectivity index (χ3n) is 8.85. The van der Waals surface area contributed by atoms with Crippen molar-refractivity contribution in [1.82, 2.24) is 9.80 Å². The quantitative estimate of drug-likeness (QED) is 0.533. The van der Waals surface area contributed by atoms with Gasteiger partial charge in [0.1, 0.15) is 11.6 Å². The van der Waals surface area contributed by atoms with Gasteiger partial charge in [-0.15, -0.1) is 0 Å². The Kier molecular flexibility index (Phi) is 7.26. The molecular weight excluding hydrogens is 542 g/mol. The number of hydrogen-bond acceptors (Lipinski definition) is 5. The first-order valence-corrected chi connectivity index (χ1v) is 14.5. The molecule has 214 valence electrons. The molecule has 0 aliphatic carbocycles. The lowest BCUT2D eigenvalue weighted by atomic mass is 9.77. The zero-order valence-electron chi connectivity index (χ0n) is 23.1. The summed E-state index contributed by atoms with van der Waals surface area (Å²) in [6.45, 7) is 4.57. The second-order valence-electron chi connectivity index (χ2n) is 11.5. The highest BCUT2D eigenvalue weighted by molar-refractivity contribution is 6.30. The number of aliphatic hydroxyl groups excluding tert-OH is 1. The summed E-state index contributed by atoms with van der Waals surface area (Å²) in [6.07, 6.45) is 6.78. The standard InChI is InChI=1S/C32H34ClN3O5/c1-20(2)24(19-37)36-28-31(40)35(23-13-11-22(33)12-14-23)17-7-15-32(28)27(30(36)39)26-25(41-32)10-6-16-34(29(26)38)18-21-8-4-3-5-9-21/h3-15,20,24-28,37H,16-19H2,1-2H3/t24-,25-,26+,27-,28?,32-/m0/s1. The summed E-state index contributed by atoms with van der Waals surface area (Å²) >= 11 is 6.12. The maximum Gasteiger partial charge on any atom is 0.253 e. The summed E-state index contributed by atoms with van der Waals surface area (Å²) < 4.78 is 6.72. The van der Waals surface area contributed by atoms with Gasteiger partial charge in [-0.2, -0.15) is 0 Å². The van der Waals surface area contributed by atoms with E-state index in [4.69, 9.17) is 16.3 Å². The molecule has 0 aromatic heterocycles. The molecule has 6 atom stereocenters. The topological polar surface area (TPSA) is 90.4 Å². The van der Waals surface area contributed by atoms with Gasteiger partial charge in [0.25, 0.3) is 5.91 Å². The number of anilines is 1. The Bertz CT molecular complexity index is 1390. The molecule has 0 bridgehead atoms. The van der Waals surface area contributed by atoms with Crippen LogP contribution in [0.3, 0.4) is 0 Å². The number of hydrogen-bond donors (Lipinski definition) is 1. The highest BCUT2D eigenvalue weighted by atomic mass is 35.5. The minimum atomic E-state index is -1.36. The smallest absolute Gasteiger partial charge is 0.253 e. The van der Waals surface area contributed by atoms with E-state index in [1.165, 1.54) is 4.90 Å². The van der Waals surface area contributed by atoms with E-state index in [-0.39, 0.29) is 36.8 Å². The Balaban J connectivity index is 1.44. The summed E-state index contributed by atoms with van der Waals surface area (Å²) in [6, 6.07) is 15.0. The second kappa shape index (κ2) is 10.7. The summed E-state index contributed by atoms with van der Waals surface area (Å²) in [7, 11) is 0. The highest BCUT2D eigenvalue weighted by Gasteiger charge is 2.72. The molecule has 9 heteroatoms. The molecule has 0 radical (unpaired) electrons. The number of likely N-dealkylation sites (tertiary alicyclic amines) is 1. The molecule has 4 heterocycles. The third kappa shape index (κ3) is 4.49. The number of nitrogens with zero attached hydrogens (tertiary/aromatic N) is 3. The van der Waals surface area contributed by atoms with Gasteiger partial charge in [-0.25, -0.2) is 0 Å². The maximum atomic E-state index is 14.5. The van der Waals surface area contributed by atoms with Crippen LogP contribution in [0, 0.1) is 17.8 Å². The molecule has 1 unspecified atom stereocenters. The van der Waals surface area contributed by atoms with Crippen LogP contribution in [0.5, 0.6) is 0 Å². The lowest BCUT2D eigenvalue weighted by molar-refractivity contribution is -0.148. The van der Waals surface area contributed by atoms with Crippen molar-refractivity contribution >= 4 is 35.0 Å². The van der Waals surface area contributed by atoms with Crippen LogP contribution in [-0.4, -0.2) is 76.1 Å². The predicted molar refractivity (Wildman–Crippen MR) is 155 cm³/mol. The van der Waals surface area contributed by atoms with Crippen molar-refractivity contribution in [2.75, 3.05) is 24.6 Å². The summed E-state index contributed by atoms with van der Waals surface area (Å²) in [5.74, 6) is -2.69. The highest BCUT2D eigenvalue weighted by Crippen LogP contribution is 2.54. The van der Waals surface area contributed by atoms with Crippen LogP contribution in [0.15, 0.2) is 78.9 Å². The first-order valence-electron chi connectivity index (χ1n) is 14.1. The number of halogens is 1. The zero-order valence-corrected chi connectivity index (χ0v) is 23.9. The van der Waals surface area contributed by atoms with E-state index in [2.05, 4.69) is 0 Å². The first-order chi connectivity index (χ1) is 19.8. The number of carbonyl (C=O) groups excluding carboxylic acids is 3. The van der Waals surface area contributed by atoms with Crippen molar-refractivity contribution < 1.29 is 24.2 Å². The van der Waals surface area contributed by atoms with Crippen LogP contribution in [-0.2, 0) is 25.7 Å². The average molecular weight is 576 g/mol. The molecule has 1 N–H and O–H groups in total. The fourth-order valence-corrected chi connectivity index (χ4v) is 7.03. The molecule has 4 aliphatic rings. The summed E-state index contributed by atoms with van der Waals surface area (Å²) in [5, 5.41) is 11.0. The number of benzene rings is 2. The van der Waals surface area contributed by atoms with Crippen LogP contribution in [0.2, 0.25) is 5.02 Å². The van der Waals surface area contributed by atoms with E-state index < -0.39 is 35.6 Å². The summed E-state index contributed by atoms with van der Waals surface area (Å²) in [5.41, 5.74) is 0.268. The largest absolute Gasteiger partial charge is 0.394 e. The van der Waals surface area contributed by atoms with Crippen molar-refractivity contribution in [2.24, 2.45) is 17.8 Å². The van der Waals surface area contributed by atoms with Gasteiger partial charge in [0, 0.05) is 30.3 Å². The van der Waals surface area contributed by atoms with E-state index in [0.29, 0.717) is 23.8 Å². The molecule has 3 amide bonds. The van der Waals surface area contributed by atoms with Crippen molar-refractivity contribution in [3.8, 4) is 0 Å². The number of aliphatic hydroxyl groups is 1. The number of rotatable bonds is 6. The fraction of sp³-hybridized carbons (Fsp3) is 0.406. The normalized spacial score (nSPS) is 29.9. The first kappa shape index (κ1) is 27.7. The fourth-order valence-electron chi connectivity index (χ4n) is 6.90. The molecule has 8 nitrogen and oxygen atoms in total. The molecular formula is C32H34ClN3O5. The molecule has 2 fully saturated rings. The van der Waals surface area contributed by atoms with Crippen molar-refractivity contribution in [2.45, 2.75) is 44.2 Å². The second-order valence-corrected chi connectivity index (χ2v) is 12.0. The van der Waals surface area contributed by atoms with Gasteiger partial charge >= 0.3 is 0 Å². The molecule has 0 saturated carbocycles. The predicted octanol–water partition coefficient (Wildman–Crippen LogP) is 3.44. The summed E-state index contributed by atoms with van der Waals surface area (Å²) in [4.78, 5) is 48.1. The SMILES string of the molecule is CC(C)[C@H](CO)N1C(=O)[C@@H]2[C@@H]3C(=O)N(Cc4ccccc4)CC=C[C@@H]3O[C@@]23C=CCN(c2ccc(Cl)cc2)C(=O)C13. The van der Waals surface area contributed by atoms with Crippen LogP contribution in [0.1, 0.15) is 19.4 Å². The lowest BCUT2D eigenvalue weighted by Gasteiger charge is -2.39. The van der Waals surface area contributed by atoms with Gasteiger partial charge in [0.15, 0.2) is 0 Å². The Hall–Kier alpha value is -3.46. The molecule has 2 aromatic rings. The van der Waals surface area contributed by atoms with Crippen molar-refractivity contribution in [1.29, 1.82) is 0 Å². The number of carbonyl (C=O) groups is 3. The number of amides is 3. The molecule has 6 rings (SSSR count). The minimum Gasteiger partial charge on any atom is -0.394 e. The lowest BCUT2D eigenvalue weighted by Crippen LogP contribution is -2.59. The number of fused-ring (bicyclic) bond motifs is 2. The van der Waals surface area contributed by atoms with Crippen LogP contribution in [0.4, 0.5) is 5.69 Å². The number of ether oxygens (including phenoxy) is 1. The van der Waals surface area contributed by atoms with Gasteiger partial charge in [0.2, 0.25) is 11.8 Å². The monoisotopic (exact) mass is 575 g/mol. The van der Waals surface area contributed by atoms with E-state index in [9.17, 15) is 19.5 Å². The van der Waals surface area contributed by atoms with E-state index in [1.54, 1.807) is 34.1 Å². The average Bonchev–Trinajstić information content (AvgIpc) is 3.28. The van der Waals surface area contributed by atoms with E-state index in [0.717, 1.165) is 5.56 Å². The van der Waals surface area contributed by atoms with Crippen LogP contribution in [0.25, 0.3) is 0 Å². The van der Waals surface area contributed by atoms with Gasteiger partial charge in [-0.05, 0) is 35.7 Å². The van der Waals surface area contributed by atoms with Gasteiger partial charge < -0.3 is 24.5 Å². The van der Waals surface area contributed by atoms with Crippen molar-refractivity contribution in [3.63, 3.8) is 0 Å². The van der Waals surface area contributed by atoms with E-state index in [1.807, 2.05) is 68.5 Å². The molecule has 4 aliphatic heterocycles. The maximum absolute atomic E-state index is 14.5. The zero-order chi connectivity index (χ0) is 28.9. The minimum absolute atomic E-state index is 0.140. The molecule has 41 heavy (non-hydrogen) atoms. The van der Waals surface area contributed by atoms with Gasteiger partial charge in [-0.3, -0.25) is 14.4 Å². The molecule has 2 aromatic carbocycles. The molecule has 1 spiro atoms. The van der Waals surface area contributed by atoms with Crippen molar-refractivity contribution in [3.05, 3.63) is 89.5 Å². The Labute approximate surface area is 244 Å². The van der Waals surface area contributed by atoms with Gasteiger partial charge in [-0.1, -0.05) is 80.1 Å². The molecule has 2 saturated heterocycles. The Morgan fingerprint density at radius 3 is 2.39 bits per heavy atom. The Morgan fingerprint density at radius 1 is 0.976 bits per heavy atom. The van der Waals surface area contributed by atoms with Crippen LogP contribution < -0.4 is 4.90 Å².